The first-order chi connectivity index (χ1) is 10.1. The fourth-order valence-corrected chi connectivity index (χ4v) is 4.88. The Morgan fingerprint density at radius 1 is 1.38 bits per heavy atom. The van der Waals surface area contributed by atoms with Crippen LogP contribution in [0.2, 0.25) is 0 Å². The molecule has 0 amide bonds. The fourth-order valence-electron chi connectivity index (χ4n) is 3.04. The Hall–Kier alpha value is -1.33. The Morgan fingerprint density at radius 2 is 2.19 bits per heavy atom. The summed E-state index contributed by atoms with van der Waals surface area (Å²) in [5, 5.41) is 4.53. The van der Waals surface area contributed by atoms with Crippen LogP contribution in [0, 0.1) is 5.92 Å². The SMILES string of the molecule is CCCNC(c1cc2ccccc2o1)C1CCS(=O)(=O)C1. The fraction of sp³-hybridized carbons (Fsp3) is 0.500. The zero-order valence-electron chi connectivity index (χ0n) is 12.2. The van der Waals surface area contributed by atoms with Gasteiger partial charge in [0.15, 0.2) is 9.84 Å². The molecule has 2 unspecified atom stereocenters. The van der Waals surface area contributed by atoms with Gasteiger partial charge in [0.05, 0.1) is 17.5 Å². The van der Waals surface area contributed by atoms with E-state index in [1.54, 1.807) is 0 Å². The number of para-hydroxylation sites is 1. The molecule has 2 aromatic rings. The second-order valence-electron chi connectivity index (χ2n) is 5.78. The monoisotopic (exact) mass is 307 g/mol. The van der Waals surface area contributed by atoms with Gasteiger partial charge in [-0.25, -0.2) is 8.42 Å². The van der Waals surface area contributed by atoms with E-state index in [-0.39, 0.29) is 17.7 Å². The quantitative estimate of drug-likeness (QED) is 0.922. The van der Waals surface area contributed by atoms with Gasteiger partial charge < -0.3 is 9.73 Å². The summed E-state index contributed by atoms with van der Waals surface area (Å²) in [6.07, 6.45) is 1.72. The lowest BCUT2D eigenvalue weighted by molar-refractivity contribution is 0.338. The number of furan rings is 1. The summed E-state index contributed by atoms with van der Waals surface area (Å²) in [5.74, 6) is 1.50. The van der Waals surface area contributed by atoms with Crippen LogP contribution in [0.25, 0.3) is 11.0 Å². The van der Waals surface area contributed by atoms with Gasteiger partial charge in [-0.05, 0) is 37.4 Å². The van der Waals surface area contributed by atoms with E-state index in [1.807, 2.05) is 30.3 Å². The number of fused-ring (bicyclic) bond motifs is 1. The molecule has 0 saturated carbocycles. The number of hydrogen-bond donors (Lipinski definition) is 1. The molecule has 2 heterocycles. The van der Waals surface area contributed by atoms with Gasteiger partial charge >= 0.3 is 0 Å². The molecule has 21 heavy (non-hydrogen) atoms. The van der Waals surface area contributed by atoms with Crippen LogP contribution in [0.1, 0.15) is 31.6 Å². The van der Waals surface area contributed by atoms with Gasteiger partial charge in [0.2, 0.25) is 0 Å². The molecule has 114 valence electrons. The Morgan fingerprint density at radius 3 is 2.86 bits per heavy atom. The zero-order valence-corrected chi connectivity index (χ0v) is 13.0. The predicted molar refractivity (Wildman–Crippen MR) is 84.0 cm³/mol. The van der Waals surface area contributed by atoms with Crippen molar-refractivity contribution in [1.29, 1.82) is 0 Å². The molecule has 2 atom stereocenters. The highest BCUT2D eigenvalue weighted by Gasteiger charge is 2.35. The molecule has 1 saturated heterocycles. The van der Waals surface area contributed by atoms with E-state index < -0.39 is 9.84 Å². The maximum absolute atomic E-state index is 11.8. The summed E-state index contributed by atoms with van der Waals surface area (Å²) in [5.41, 5.74) is 0.858. The van der Waals surface area contributed by atoms with E-state index >= 15 is 0 Å². The van der Waals surface area contributed by atoms with Crippen LogP contribution in [0.3, 0.4) is 0 Å². The van der Waals surface area contributed by atoms with Crippen molar-refractivity contribution in [2.75, 3.05) is 18.1 Å². The van der Waals surface area contributed by atoms with Crippen LogP contribution in [-0.4, -0.2) is 26.5 Å². The zero-order chi connectivity index (χ0) is 14.9. The molecule has 3 rings (SSSR count). The van der Waals surface area contributed by atoms with Crippen LogP contribution in [-0.2, 0) is 9.84 Å². The summed E-state index contributed by atoms with van der Waals surface area (Å²) in [7, 11) is -2.89. The number of hydrogen-bond acceptors (Lipinski definition) is 4. The number of benzene rings is 1. The summed E-state index contributed by atoms with van der Waals surface area (Å²) in [6.45, 7) is 2.96. The second kappa shape index (κ2) is 5.81. The molecule has 1 aliphatic heterocycles. The van der Waals surface area contributed by atoms with Crippen LogP contribution in [0.15, 0.2) is 34.7 Å². The summed E-state index contributed by atoms with van der Waals surface area (Å²) in [6, 6.07) is 9.91. The Kier molecular flexibility index (Phi) is 4.04. The van der Waals surface area contributed by atoms with Crippen LogP contribution >= 0.6 is 0 Å². The molecule has 4 nitrogen and oxygen atoms in total. The molecule has 0 aliphatic carbocycles. The van der Waals surface area contributed by atoms with Crippen molar-refractivity contribution in [3.63, 3.8) is 0 Å². The maximum atomic E-state index is 11.8. The Bertz CT molecular complexity index is 687. The molecule has 1 fully saturated rings. The van der Waals surface area contributed by atoms with E-state index in [4.69, 9.17) is 4.42 Å². The molecular weight excluding hydrogens is 286 g/mol. The molecular formula is C16H21NO3S. The molecule has 0 radical (unpaired) electrons. The largest absolute Gasteiger partial charge is 0.459 e. The normalized spacial score (nSPS) is 22.6. The van der Waals surface area contributed by atoms with Crippen LogP contribution < -0.4 is 5.32 Å². The topological polar surface area (TPSA) is 59.3 Å². The van der Waals surface area contributed by atoms with Gasteiger partial charge in [-0.2, -0.15) is 0 Å². The minimum atomic E-state index is -2.89. The lowest BCUT2D eigenvalue weighted by atomic mass is 9.96. The molecule has 1 N–H and O–H groups in total. The first-order valence-corrected chi connectivity index (χ1v) is 9.33. The average molecular weight is 307 g/mol. The molecule has 5 heteroatoms. The molecule has 0 spiro atoms. The van der Waals surface area contributed by atoms with Crippen molar-refractivity contribution in [3.05, 3.63) is 36.1 Å². The van der Waals surface area contributed by atoms with Gasteiger partial charge in [0.25, 0.3) is 0 Å². The molecule has 1 aromatic carbocycles. The molecule has 0 bridgehead atoms. The van der Waals surface area contributed by atoms with E-state index in [0.29, 0.717) is 12.2 Å². The third-order valence-electron chi connectivity index (χ3n) is 4.10. The average Bonchev–Trinajstić information content (AvgIpc) is 3.02. The minimum absolute atomic E-state index is 0.0189. The van der Waals surface area contributed by atoms with Gasteiger partial charge in [-0.3, -0.25) is 0 Å². The third kappa shape index (κ3) is 3.14. The van der Waals surface area contributed by atoms with Crippen molar-refractivity contribution >= 4 is 20.8 Å². The van der Waals surface area contributed by atoms with E-state index in [0.717, 1.165) is 29.7 Å². The van der Waals surface area contributed by atoms with E-state index in [9.17, 15) is 8.42 Å². The van der Waals surface area contributed by atoms with Crippen molar-refractivity contribution in [2.45, 2.75) is 25.8 Å². The maximum Gasteiger partial charge on any atom is 0.150 e. The van der Waals surface area contributed by atoms with Crippen molar-refractivity contribution < 1.29 is 12.8 Å². The minimum Gasteiger partial charge on any atom is -0.459 e. The van der Waals surface area contributed by atoms with Crippen LogP contribution in [0.5, 0.6) is 0 Å². The van der Waals surface area contributed by atoms with Gasteiger partial charge in [0, 0.05) is 5.39 Å². The second-order valence-corrected chi connectivity index (χ2v) is 8.01. The van der Waals surface area contributed by atoms with Crippen molar-refractivity contribution in [2.24, 2.45) is 5.92 Å². The highest BCUT2D eigenvalue weighted by Crippen LogP contribution is 2.34. The van der Waals surface area contributed by atoms with Gasteiger partial charge in [0.1, 0.15) is 11.3 Å². The number of nitrogens with one attached hydrogen (secondary N) is 1. The standard InChI is InChI=1S/C16H21NO3S/c1-2-8-17-16(13-7-9-21(18,19)11-13)15-10-12-5-3-4-6-14(12)20-15/h3-6,10,13,16-17H,2,7-9,11H2,1H3. The lowest BCUT2D eigenvalue weighted by Crippen LogP contribution is -2.29. The Balaban J connectivity index is 1.91. The highest BCUT2D eigenvalue weighted by molar-refractivity contribution is 7.91. The van der Waals surface area contributed by atoms with Crippen molar-refractivity contribution in [3.8, 4) is 0 Å². The summed E-state index contributed by atoms with van der Waals surface area (Å²) in [4.78, 5) is 0. The molecule has 1 aromatic heterocycles. The van der Waals surface area contributed by atoms with E-state index in [1.165, 1.54) is 0 Å². The highest BCUT2D eigenvalue weighted by atomic mass is 32.2. The third-order valence-corrected chi connectivity index (χ3v) is 5.90. The van der Waals surface area contributed by atoms with Gasteiger partial charge in [-0.15, -0.1) is 0 Å². The predicted octanol–water partition coefficient (Wildman–Crippen LogP) is 2.91. The van der Waals surface area contributed by atoms with E-state index in [2.05, 4.69) is 12.2 Å². The summed E-state index contributed by atoms with van der Waals surface area (Å²) < 4.78 is 29.5. The smallest absolute Gasteiger partial charge is 0.150 e. The number of rotatable bonds is 5. The lowest BCUT2D eigenvalue weighted by Gasteiger charge is -2.21. The molecule has 1 aliphatic rings. The first kappa shape index (κ1) is 14.6. The van der Waals surface area contributed by atoms with Crippen molar-refractivity contribution in [1.82, 2.24) is 5.32 Å². The van der Waals surface area contributed by atoms with Gasteiger partial charge in [-0.1, -0.05) is 25.1 Å². The first-order valence-electron chi connectivity index (χ1n) is 7.51. The summed E-state index contributed by atoms with van der Waals surface area (Å²) >= 11 is 0. The number of sulfone groups is 1. The van der Waals surface area contributed by atoms with Crippen LogP contribution in [0.4, 0.5) is 0 Å². The Labute approximate surface area is 125 Å².